The fourth-order valence-corrected chi connectivity index (χ4v) is 4.13. The molecule has 0 bridgehead atoms. The van der Waals surface area contributed by atoms with E-state index in [9.17, 15) is 8.42 Å². The summed E-state index contributed by atoms with van der Waals surface area (Å²) in [4.78, 5) is 10.8. The van der Waals surface area contributed by atoms with Crippen LogP contribution < -0.4 is 10.0 Å². The average molecular weight is 403 g/mol. The van der Waals surface area contributed by atoms with E-state index < -0.39 is 10.0 Å². The maximum atomic E-state index is 12.3. The third-order valence-corrected chi connectivity index (χ3v) is 5.96. The molecule has 150 valence electrons. The number of imidazole rings is 1. The van der Waals surface area contributed by atoms with Crippen molar-refractivity contribution >= 4 is 27.2 Å². The van der Waals surface area contributed by atoms with Crippen molar-refractivity contribution < 1.29 is 8.42 Å². The van der Waals surface area contributed by atoms with E-state index in [1.165, 1.54) is 0 Å². The lowest BCUT2D eigenvalue weighted by atomic mass is 10.1. The minimum Gasteiger partial charge on any atom is -0.370 e. The smallest absolute Gasteiger partial charge is 0.233 e. The van der Waals surface area contributed by atoms with Crippen molar-refractivity contribution in [2.75, 3.05) is 42.5 Å². The summed E-state index contributed by atoms with van der Waals surface area (Å²) in [5.74, 6) is 0.773. The number of fused-ring (bicyclic) bond motifs is 1. The van der Waals surface area contributed by atoms with Crippen LogP contribution in [-0.4, -0.2) is 60.1 Å². The topological polar surface area (TPSA) is 91.6 Å². The van der Waals surface area contributed by atoms with Crippen molar-refractivity contribution in [2.45, 2.75) is 13.8 Å². The summed E-state index contributed by atoms with van der Waals surface area (Å²) in [7, 11) is -1.58. The summed E-state index contributed by atoms with van der Waals surface area (Å²) in [5.41, 5.74) is 3.13. The zero-order valence-corrected chi connectivity index (χ0v) is 17.2. The van der Waals surface area contributed by atoms with Crippen LogP contribution in [0.2, 0.25) is 0 Å². The van der Waals surface area contributed by atoms with E-state index >= 15 is 0 Å². The van der Waals surface area contributed by atoms with Gasteiger partial charge in [-0.15, -0.1) is 0 Å². The molecule has 2 N–H and O–H groups in total. The Bertz CT molecular complexity index is 1030. The Kier molecular flexibility index (Phi) is 6.15. The molecule has 0 fully saturated rings. The number of benzene rings is 1. The highest BCUT2D eigenvalue weighted by Gasteiger charge is 2.13. The van der Waals surface area contributed by atoms with Gasteiger partial charge < -0.3 is 10.2 Å². The average Bonchev–Trinajstić information content (AvgIpc) is 3.13. The Morgan fingerprint density at radius 3 is 2.46 bits per heavy atom. The molecule has 0 spiro atoms. The highest BCUT2D eigenvalue weighted by Crippen LogP contribution is 2.24. The summed E-state index contributed by atoms with van der Waals surface area (Å²) in [5, 5.41) is 3.02. The van der Waals surface area contributed by atoms with Crippen LogP contribution in [-0.2, 0) is 10.0 Å². The van der Waals surface area contributed by atoms with Crippen LogP contribution in [0.4, 0.5) is 11.5 Å². The zero-order valence-electron chi connectivity index (χ0n) is 16.4. The first kappa shape index (κ1) is 20.1. The Balaban J connectivity index is 1.75. The van der Waals surface area contributed by atoms with Crippen molar-refractivity contribution in [1.82, 2.24) is 19.3 Å². The van der Waals surface area contributed by atoms with Crippen molar-refractivity contribution in [2.24, 2.45) is 0 Å². The first-order valence-corrected chi connectivity index (χ1v) is 11.0. The van der Waals surface area contributed by atoms with E-state index in [2.05, 4.69) is 24.9 Å². The van der Waals surface area contributed by atoms with E-state index in [0.29, 0.717) is 18.1 Å². The minimum atomic E-state index is -3.39. The molecule has 0 saturated heterocycles. The fraction of sp³-hybridized carbons (Fsp3) is 0.368. The number of nitrogens with zero attached hydrogens (tertiary/aromatic N) is 4. The number of hydrogen-bond acceptors (Lipinski definition) is 6. The van der Waals surface area contributed by atoms with Gasteiger partial charge in [-0.1, -0.05) is 26.0 Å². The Morgan fingerprint density at radius 2 is 1.82 bits per heavy atom. The molecule has 8 nitrogen and oxygen atoms in total. The van der Waals surface area contributed by atoms with E-state index in [-0.39, 0.29) is 5.75 Å². The fourth-order valence-electron chi connectivity index (χ4n) is 3.04. The Morgan fingerprint density at radius 1 is 1.11 bits per heavy atom. The van der Waals surface area contributed by atoms with Crippen LogP contribution in [0.25, 0.3) is 16.9 Å². The summed E-state index contributed by atoms with van der Waals surface area (Å²) >= 11 is 0. The predicted molar refractivity (Wildman–Crippen MR) is 113 cm³/mol. The summed E-state index contributed by atoms with van der Waals surface area (Å²) in [6.07, 6.45) is 5.34. The van der Waals surface area contributed by atoms with E-state index in [1.807, 2.05) is 36.6 Å². The molecule has 0 amide bonds. The molecule has 28 heavy (non-hydrogen) atoms. The van der Waals surface area contributed by atoms with Crippen molar-refractivity contribution in [3.8, 4) is 11.3 Å². The van der Waals surface area contributed by atoms with Gasteiger partial charge in [0, 0.05) is 37.2 Å². The summed E-state index contributed by atoms with van der Waals surface area (Å²) < 4.78 is 29.3. The second kappa shape index (κ2) is 8.57. The molecule has 3 rings (SSSR count). The van der Waals surface area contributed by atoms with Gasteiger partial charge in [0.2, 0.25) is 10.0 Å². The van der Waals surface area contributed by atoms with Gasteiger partial charge in [-0.2, -0.15) is 0 Å². The normalized spacial score (nSPS) is 11.9. The van der Waals surface area contributed by atoms with Gasteiger partial charge in [-0.25, -0.2) is 18.4 Å². The molecule has 2 heterocycles. The van der Waals surface area contributed by atoms with Crippen LogP contribution >= 0.6 is 0 Å². The Labute approximate surface area is 165 Å². The van der Waals surface area contributed by atoms with Gasteiger partial charge in [0.25, 0.3) is 0 Å². The first-order valence-electron chi connectivity index (χ1n) is 9.30. The van der Waals surface area contributed by atoms with Crippen molar-refractivity contribution in [3.63, 3.8) is 0 Å². The molecule has 0 aliphatic heterocycles. The van der Waals surface area contributed by atoms with Gasteiger partial charge >= 0.3 is 0 Å². The molecule has 0 atom stereocenters. The third kappa shape index (κ3) is 4.42. The maximum absolute atomic E-state index is 12.3. The number of anilines is 2. The molecule has 0 aliphatic carbocycles. The molecule has 1 aromatic carbocycles. The van der Waals surface area contributed by atoms with Crippen molar-refractivity contribution in [1.29, 1.82) is 0 Å². The molecule has 9 heteroatoms. The zero-order chi connectivity index (χ0) is 20.1. The Hall–Kier alpha value is -2.65. The number of nitrogens with one attached hydrogen (secondary N) is 2. The van der Waals surface area contributed by atoms with Crippen LogP contribution in [0, 0.1) is 0 Å². The van der Waals surface area contributed by atoms with Crippen LogP contribution in [0.15, 0.2) is 42.9 Å². The van der Waals surface area contributed by atoms with Crippen molar-refractivity contribution in [3.05, 3.63) is 42.9 Å². The quantitative estimate of drug-likeness (QED) is 0.571. The lowest BCUT2D eigenvalue weighted by Crippen LogP contribution is -2.31. The molecule has 0 aliphatic rings. The monoisotopic (exact) mass is 402 g/mol. The molecule has 2 aromatic heterocycles. The highest BCUT2D eigenvalue weighted by atomic mass is 32.2. The second-order valence-corrected chi connectivity index (χ2v) is 8.23. The van der Waals surface area contributed by atoms with Gasteiger partial charge in [0.1, 0.15) is 0 Å². The second-order valence-electron chi connectivity index (χ2n) is 6.39. The number of hydrogen-bond donors (Lipinski definition) is 2. The molecule has 0 saturated carbocycles. The number of sulfonamides is 1. The van der Waals surface area contributed by atoms with Gasteiger partial charge in [0.15, 0.2) is 11.5 Å². The van der Waals surface area contributed by atoms with E-state index in [4.69, 9.17) is 0 Å². The minimum absolute atomic E-state index is 0.0729. The van der Waals surface area contributed by atoms with Crippen LogP contribution in [0.5, 0.6) is 0 Å². The molecular formula is C19H26N6O2S. The number of aromatic nitrogens is 3. The van der Waals surface area contributed by atoms with Gasteiger partial charge in [-0.05, 0) is 25.2 Å². The highest BCUT2D eigenvalue weighted by molar-refractivity contribution is 7.92. The van der Waals surface area contributed by atoms with Crippen LogP contribution in [0.1, 0.15) is 13.8 Å². The largest absolute Gasteiger partial charge is 0.370 e. The third-order valence-electron chi connectivity index (χ3n) is 4.69. The first-order chi connectivity index (χ1) is 13.5. The number of rotatable bonds is 9. The predicted octanol–water partition coefficient (Wildman–Crippen LogP) is 2.52. The van der Waals surface area contributed by atoms with E-state index in [0.717, 1.165) is 30.0 Å². The summed E-state index contributed by atoms with van der Waals surface area (Å²) in [6.45, 7) is 6.25. The molecular weight excluding hydrogens is 376 g/mol. The molecule has 3 aromatic rings. The van der Waals surface area contributed by atoms with Crippen LogP contribution in [0.3, 0.4) is 0 Å². The van der Waals surface area contributed by atoms with Gasteiger partial charge in [-0.3, -0.25) is 9.12 Å². The lowest BCUT2D eigenvalue weighted by Gasteiger charge is -2.18. The molecule has 0 radical (unpaired) electrons. The van der Waals surface area contributed by atoms with E-state index in [1.54, 1.807) is 31.6 Å². The molecule has 0 unspecified atom stereocenters. The summed E-state index contributed by atoms with van der Waals surface area (Å²) in [6, 6.07) is 7.30. The van der Waals surface area contributed by atoms with Gasteiger partial charge in [0.05, 0.1) is 17.6 Å². The SMILES string of the molecule is CCN(CC)CCS(=O)(=O)Nc1ccc(-c2cnc3c(NC)nccn23)cc1. The standard InChI is InChI=1S/C19H26N6O2S/c1-4-24(5-2)12-13-28(26,27)23-16-8-6-15(7-9-16)17-14-22-19-18(20-3)21-10-11-25(17)19/h6-11,14,23H,4-5,12-13H2,1-3H3,(H,20,21). The maximum Gasteiger partial charge on any atom is 0.233 e. The lowest BCUT2D eigenvalue weighted by molar-refractivity contribution is 0.322.